The maximum absolute atomic E-state index is 12.9. The fourth-order valence-electron chi connectivity index (χ4n) is 3.52. The lowest BCUT2D eigenvalue weighted by Gasteiger charge is -2.16. The zero-order valence-corrected chi connectivity index (χ0v) is 21.0. The number of rotatable bonds is 6. The average molecular weight is 529 g/mol. The van der Waals surface area contributed by atoms with E-state index in [0.29, 0.717) is 22.9 Å². The third-order valence-electron chi connectivity index (χ3n) is 5.38. The summed E-state index contributed by atoms with van der Waals surface area (Å²) in [5, 5.41) is 6.00. The fraction of sp³-hybridized carbons (Fsp3) is 0.115. The minimum atomic E-state index is -0.697. The molecule has 0 saturated carbocycles. The van der Waals surface area contributed by atoms with Gasteiger partial charge in [0.05, 0.1) is 5.69 Å². The van der Waals surface area contributed by atoms with Crippen molar-refractivity contribution in [3.05, 3.63) is 98.6 Å². The van der Waals surface area contributed by atoms with E-state index >= 15 is 0 Å². The first-order valence-electron chi connectivity index (χ1n) is 10.7. The molecule has 2 N–H and O–H groups in total. The maximum Gasteiger partial charge on any atom is 0.283 e. The summed E-state index contributed by atoms with van der Waals surface area (Å²) >= 11 is 18.2. The lowest BCUT2D eigenvalue weighted by molar-refractivity contribution is -0.120. The summed E-state index contributed by atoms with van der Waals surface area (Å²) in [6.07, 6.45) is 0. The van der Waals surface area contributed by atoms with Crippen molar-refractivity contribution in [2.45, 2.75) is 19.8 Å². The van der Waals surface area contributed by atoms with Crippen LogP contribution in [-0.4, -0.2) is 17.7 Å². The Morgan fingerprint density at radius 1 is 0.800 bits per heavy atom. The lowest BCUT2D eigenvalue weighted by atomic mass is 10.0. The van der Waals surface area contributed by atoms with Crippen LogP contribution in [-0.2, 0) is 9.59 Å². The van der Waals surface area contributed by atoms with Gasteiger partial charge in [-0.15, -0.1) is 0 Å². The van der Waals surface area contributed by atoms with Crippen LogP contribution in [0.5, 0.6) is 0 Å². The van der Waals surface area contributed by atoms with Crippen molar-refractivity contribution in [1.82, 2.24) is 0 Å². The second-order valence-electron chi connectivity index (χ2n) is 8.20. The van der Waals surface area contributed by atoms with Crippen LogP contribution in [0.2, 0.25) is 10.0 Å². The fourth-order valence-corrected chi connectivity index (χ4v) is 4.25. The van der Waals surface area contributed by atoms with Gasteiger partial charge in [0.25, 0.3) is 17.7 Å². The van der Waals surface area contributed by atoms with Crippen LogP contribution in [0, 0.1) is 0 Å². The van der Waals surface area contributed by atoms with Gasteiger partial charge in [-0.25, -0.2) is 4.90 Å². The van der Waals surface area contributed by atoms with Crippen molar-refractivity contribution in [2.75, 3.05) is 15.5 Å². The number of anilines is 3. The summed E-state index contributed by atoms with van der Waals surface area (Å²) in [6, 6.07) is 18.5. The van der Waals surface area contributed by atoms with Crippen molar-refractivity contribution in [1.29, 1.82) is 0 Å². The Morgan fingerprint density at radius 3 is 1.94 bits per heavy atom. The van der Waals surface area contributed by atoms with E-state index in [9.17, 15) is 14.4 Å². The monoisotopic (exact) mass is 527 g/mol. The molecular formula is C26H20Cl3N3O3. The van der Waals surface area contributed by atoms with Gasteiger partial charge in [-0.2, -0.15) is 0 Å². The van der Waals surface area contributed by atoms with Crippen LogP contribution in [0.4, 0.5) is 17.1 Å². The molecule has 4 rings (SSSR count). The minimum absolute atomic E-state index is 0.0878. The summed E-state index contributed by atoms with van der Waals surface area (Å²) in [5.41, 5.74) is 2.89. The second kappa shape index (κ2) is 10.1. The molecule has 0 aromatic heterocycles. The minimum Gasteiger partial charge on any atom is -0.350 e. The summed E-state index contributed by atoms with van der Waals surface area (Å²) < 4.78 is 0. The number of halogens is 3. The van der Waals surface area contributed by atoms with Crippen molar-refractivity contribution >= 4 is 69.6 Å². The number of nitrogens with one attached hydrogen (secondary N) is 2. The number of amides is 3. The molecule has 0 aliphatic carbocycles. The second-order valence-corrected chi connectivity index (χ2v) is 9.45. The van der Waals surface area contributed by atoms with Crippen LogP contribution < -0.4 is 15.5 Å². The topological polar surface area (TPSA) is 78.5 Å². The Labute approximate surface area is 217 Å². The first kappa shape index (κ1) is 24.8. The van der Waals surface area contributed by atoms with E-state index in [1.807, 2.05) is 24.3 Å². The zero-order valence-electron chi connectivity index (χ0n) is 18.7. The van der Waals surface area contributed by atoms with E-state index in [1.54, 1.807) is 24.3 Å². The van der Waals surface area contributed by atoms with Crippen LogP contribution >= 0.6 is 34.8 Å². The molecule has 0 atom stereocenters. The van der Waals surface area contributed by atoms with Gasteiger partial charge < -0.3 is 10.6 Å². The number of hydrogen-bond donors (Lipinski definition) is 2. The number of nitrogens with zero attached hydrogens (tertiary/aromatic N) is 1. The molecule has 178 valence electrons. The van der Waals surface area contributed by atoms with Gasteiger partial charge in [-0.1, -0.05) is 60.8 Å². The van der Waals surface area contributed by atoms with Crippen LogP contribution in [0.25, 0.3) is 0 Å². The van der Waals surface area contributed by atoms with Gasteiger partial charge in [-0.05, 0) is 66.1 Å². The molecule has 0 fully saturated rings. The zero-order chi connectivity index (χ0) is 25.3. The van der Waals surface area contributed by atoms with Crippen LogP contribution in [0.3, 0.4) is 0 Å². The Balaban J connectivity index is 1.46. The molecule has 0 radical (unpaired) electrons. The summed E-state index contributed by atoms with van der Waals surface area (Å²) in [6.45, 7) is 4.21. The van der Waals surface area contributed by atoms with Gasteiger partial charge in [0.1, 0.15) is 10.7 Å². The highest BCUT2D eigenvalue weighted by atomic mass is 35.5. The van der Waals surface area contributed by atoms with Gasteiger partial charge in [0.2, 0.25) is 0 Å². The van der Waals surface area contributed by atoms with E-state index in [4.69, 9.17) is 34.8 Å². The predicted octanol–water partition coefficient (Wildman–Crippen LogP) is 6.80. The predicted molar refractivity (Wildman–Crippen MR) is 140 cm³/mol. The Bertz CT molecular complexity index is 1330. The third-order valence-corrected chi connectivity index (χ3v) is 6.17. The molecule has 1 aliphatic rings. The van der Waals surface area contributed by atoms with E-state index in [-0.39, 0.29) is 32.4 Å². The Morgan fingerprint density at radius 2 is 1.37 bits per heavy atom. The molecule has 0 bridgehead atoms. The van der Waals surface area contributed by atoms with E-state index in [2.05, 4.69) is 24.5 Å². The van der Waals surface area contributed by atoms with Crippen molar-refractivity contribution < 1.29 is 14.4 Å². The molecular weight excluding hydrogens is 509 g/mol. The Hall–Kier alpha value is -3.32. The first-order valence-corrected chi connectivity index (χ1v) is 11.8. The molecule has 9 heteroatoms. The van der Waals surface area contributed by atoms with Gasteiger partial charge in [-0.3, -0.25) is 14.4 Å². The SMILES string of the molecule is CC(C)c1ccc(NC(=O)c2ccc(NC3=C(Cl)C(=O)N(c4cc(Cl)cc(Cl)c4)C3=O)cc2)cc1. The highest BCUT2D eigenvalue weighted by Crippen LogP contribution is 2.33. The van der Waals surface area contributed by atoms with Crippen molar-refractivity contribution in [3.63, 3.8) is 0 Å². The van der Waals surface area contributed by atoms with E-state index < -0.39 is 11.8 Å². The number of imide groups is 1. The summed E-state index contributed by atoms with van der Waals surface area (Å²) in [5.74, 6) is -1.22. The summed E-state index contributed by atoms with van der Waals surface area (Å²) in [7, 11) is 0. The smallest absolute Gasteiger partial charge is 0.283 e. The molecule has 35 heavy (non-hydrogen) atoms. The van der Waals surface area contributed by atoms with E-state index in [0.717, 1.165) is 4.90 Å². The van der Waals surface area contributed by atoms with E-state index in [1.165, 1.54) is 23.8 Å². The standard InChI is InChI=1S/C26H20Cl3N3O3/c1-14(2)15-3-7-20(8-4-15)31-24(33)16-5-9-19(10-6-16)30-23-22(29)25(34)32(26(23)35)21-12-17(27)11-18(28)13-21/h3-14,30H,1-2H3,(H,31,33). The maximum atomic E-state index is 12.9. The third kappa shape index (κ3) is 5.35. The highest BCUT2D eigenvalue weighted by Gasteiger charge is 2.39. The lowest BCUT2D eigenvalue weighted by Crippen LogP contribution is -2.32. The quantitative estimate of drug-likeness (QED) is 0.345. The Kier molecular flexibility index (Phi) is 7.17. The van der Waals surface area contributed by atoms with Crippen LogP contribution in [0.1, 0.15) is 35.7 Å². The molecule has 3 aromatic rings. The molecule has 0 spiro atoms. The van der Waals surface area contributed by atoms with Gasteiger partial charge >= 0.3 is 0 Å². The average Bonchev–Trinajstić information content (AvgIpc) is 3.02. The highest BCUT2D eigenvalue weighted by molar-refractivity contribution is 6.53. The molecule has 0 unspecified atom stereocenters. The normalized spacial score (nSPS) is 13.6. The van der Waals surface area contributed by atoms with Gasteiger partial charge in [0.15, 0.2) is 0 Å². The number of carbonyl (C=O) groups excluding carboxylic acids is 3. The van der Waals surface area contributed by atoms with Gasteiger partial charge in [0, 0.05) is 27.0 Å². The van der Waals surface area contributed by atoms with Crippen molar-refractivity contribution in [2.24, 2.45) is 0 Å². The first-order chi connectivity index (χ1) is 16.6. The number of benzene rings is 3. The molecule has 1 aliphatic heterocycles. The van der Waals surface area contributed by atoms with Crippen LogP contribution in [0.15, 0.2) is 77.5 Å². The molecule has 1 heterocycles. The largest absolute Gasteiger partial charge is 0.350 e. The number of carbonyl (C=O) groups is 3. The molecule has 0 saturated heterocycles. The molecule has 6 nitrogen and oxygen atoms in total. The molecule has 3 amide bonds. The number of hydrogen-bond acceptors (Lipinski definition) is 4. The summed E-state index contributed by atoms with van der Waals surface area (Å²) in [4.78, 5) is 39.1. The molecule has 3 aromatic carbocycles. The van der Waals surface area contributed by atoms with Crippen molar-refractivity contribution in [3.8, 4) is 0 Å².